The summed E-state index contributed by atoms with van der Waals surface area (Å²) in [4.78, 5) is 11.9. The van der Waals surface area contributed by atoms with E-state index in [9.17, 15) is 13.2 Å². The minimum atomic E-state index is -4.00. The van der Waals surface area contributed by atoms with E-state index < -0.39 is 16.0 Å². The first kappa shape index (κ1) is 21.4. The molecule has 0 aromatic heterocycles. The van der Waals surface area contributed by atoms with Gasteiger partial charge < -0.3 is 4.74 Å². The van der Waals surface area contributed by atoms with Crippen molar-refractivity contribution in [2.45, 2.75) is 32.6 Å². The maximum atomic E-state index is 13.1. The zero-order valence-electron chi connectivity index (χ0n) is 16.4. The molecule has 0 unspecified atom stereocenters. The van der Waals surface area contributed by atoms with Crippen molar-refractivity contribution in [2.24, 2.45) is 5.10 Å². The van der Waals surface area contributed by atoms with E-state index >= 15 is 0 Å². The molecule has 2 aromatic rings. The summed E-state index contributed by atoms with van der Waals surface area (Å²) in [6.07, 6.45) is 2.56. The Hall–Kier alpha value is -2.93. The second kappa shape index (κ2) is 9.32. The molecule has 0 saturated heterocycles. The molecule has 2 aromatic carbocycles. The van der Waals surface area contributed by atoms with Gasteiger partial charge in [0.05, 0.1) is 23.4 Å². The molecular formula is C21H24N2O4S. The molecule has 0 aliphatic rings. The van der Waals surface area contributed by atoms with E-state index in [0.717, 1.165) is 27.2 Å². The van der Waals surface area contributed by atoms with Crippen LogP contribution >= 0.6 is 0 Å². The largest absolute Gasteiger partial charge is 0.463 e. The van der Waals surface area contributed by atoms with Gasteiger partial charge in [0.25, 0.3) is 10.0 Å². The van der Waals surface area contributed by atoms with Crippen molar-refractivity contribution in [3.63, 3.8) is 0 Å². The Labute approximate surface area is 166 Å². The smallest absolute Gasteiger partial charge is 0.332 e. The number of hydrazone groups is 1. The molecule has 0 spiro atoms. The van der Waals surface area contributed by atoms with E-state index in [0.29, 0.717) is 0 Å². The van der Waals surface area contributed by atoms with Gasteiger partial charge in [-0.3, -0.25) is 0 Å². The van der Waals surface area contributed by atoms with Crippen molar-refractivity contribution >= 4 is 22.2 Å². The molecule has 0 saturated carbocycles. The number of ether oxygens (including phenoxy) is 1. The van der Waals surface area contributed by atoms with Crippen LogP contribution in [0.15, 0.2) is 70.3 Å². The normalized spacial score (nSPS) is 12.2. The predicted octanol–water partition coefficient (Wildman–Crippen LogP) is 3.80. The van der Waals surface area contributed by atoms with Crippen molar-refractivity contribution in [1.82, 2.24) is 4.41 Å². The number of rotatable bonds is 7. The van der Waals surface area contributed by atoms with Crippen LogP contribution in [0.5, 0.6) is 0 Å². The number of aryl methyl sites for hydroxylation is 2. The second-order valence-electron chi connectivity index (χ2n) is 6.26. The Morgan fingerprint density at radius 2 is 1.79 bits per heavy atom. The topological polar surface area (TPSA) is 76.0 Å². The van der Waals surface area contributed by atoms with Gasteiger partial charge >= 0.3 is 5.97 Å². The lowest BCUT2D eigenvalue weighted by atomic mass is 10.2. The number of benzene rings is 2. The fraction of sp³-hybridized carbons (Fsp3) is 0.238. The van der Waals surface area contributed by atoms with Crippen LogP contribution < -0.4 is 0 Å². The van der Waals surface area contributed by atoms with Crippen molar-refractivity contribution in [1.29, 1.82) is 0 Å². The molecule has 0 bridgehead atoms. The molecule has 6 nitrogen and oxygen atoms in total. The van der Waals surface area contributed by atoms with Gasteiger partial charge in [-0.05, 0) is 45.4 Å². The molecule has 0 amide bonds. The van der Waals surface area contributed by atoms with E-state index in [4.69, 9.17) is 4.74 Å². The van der Waals surface area contributed by atoms with Gasteiger partial charge in [0.2, 0.25) is 0 Å². The Balaban J connectivity index is 2.48. The zero-order valence-corrected chi connectivity index (χ0v) is 17.2. The van der Waals surface area contributed by atoms with Gasteiger partial charge in [0.15, 0.2) is 0 Å². The number of hydrogen-bond acceptors (Lipinski definition) is 5. The quantitative estimate of drug-likeness (QED) is 0.307. The van der Waals surface area contributed by atoms with Crippen LogP contribution in [0.4, 0.5) is 0 Å². The number of nitrogens with zero attached hydrogens (tertiary/aromatic N) is 2. The van der Waals surface area contributed by atoms with Gasteiger partial charge in [-0.25, -0.2) is 4.79 Å². The number of hydrogen-bond donors (Lipinski definition) is 0. The van der Waals surface area contributed by atoms with Gasteiger partial charge in [-0.2, -0.15) is 17.9 Å². The summed E-state index contributed by atoms with van der Waals surface area (Å²) in [5, 5.41) is 4.16. The summed E-state index contributed by atoms with van der Waals surface area (Å²) in [5.41, 5.74) is 2.83. The lowest BCUT2D eigenvalue weighted by molar-refractivity contribution is -0.137. The van der Waals surface area contributed by atoms with E-state index in [1.807, 2.05) is 38.1 Å². The third-order valence-corrected chi connectivity index (χ3v) is 5.52. The third-order valence-electron chi connectivity index (χ3n) is 3.82. The summed E-state index contributed by atoms with van der Waals surface area (Å²) in [7, 11) is -4.00. The molecule has 0 aliphatic heterocycles. The molecule has 0 aliphatic carbocycles. The van der Waals surface area contributed by atoms with E-state index in [1.54, 1.807) is 19.1 Å². The van der Waals surface area contributed by atoms with Crippen LogP contribution in [0.3, 0.4) is 0 Å². The Morgan fingerprint density at radius 3 is 2.39 bits per heavy atom. The highest BCUT2D eigenvalue weighted by atomic mass is 32.2. The Morgan fingerprint density at radius 1 is 1.11 bits per heavy atom. The van der Waals surface area contributed by atoms with Crippen LogP contribution in [0.1, 0.15) is 30.5 Å². The number of carbonyl (C=O) groups is 1. The molecular weight excluding hydrogens is 376 g/mol. The molecule has 0 atom stereocenters. The van der Waals surface area contributed by atoms with Crippen molar-refractivity contribution in [2.75, 3.05) is 6.61 Å². The predicted molar refractivity (Wildman–Crippen MR) is 109 cm³/mol. The van der Waals surface area contributed by atoms with Crippen LogP contribution in [0.2, 0.25) is 0 Å². The van der Waals surface area contributed by atoms with Crippen LogP contribution in [0.25, 0.3) is 0 Å². The van der Waals surface area contributed by atoms with Crippen LogP contribution in [-0.4, -0.2) is 31.6 Å². The second-order valence-corrected chi connectivity index (χ2v) is 8.02. The molecule has 7 heteroatoms. The average Bonchev–Trinajstić information content (AvgIpc) is 2.62. The lowest BCUT2D eigenvalue weighted by Gasteiger charge is -2.19. The van der Waals surface area contributed by atoms with Crippen LogP contribution in [-0.2, 0) is 19.6 Å². The standard InChI is InChI=1S/C21H24N2O4S/c1-5-27-21(24)14-18(4)23(22-15-19-8-6-7-17(3)13-19)28(25,26)20-11-9-16(2)10-12-20/h6-15H,5H2,1-4H3/b18-14+,22-15+. The lowest BCUT2D eigenvalue weighted by Crippen LogP contribution is -2.25. The first-order chi connectivity index (χ1) is 13.2. The van der Waals surface area contributed by atoms with Gasteiger partial charge in [-0.15, -0.1) is 0 Å². The van der Waals surface area contributed by atoms with E-state index in [1.165, 1.54) is 25.3 Å². The van der Waals surface area contributed by atoms with Crippen molar-refractivity contribution in [3.8, 4) is 0 Å². The minimum absolute atomic E-state index is 0.0797. The summed E-state index contributed by atoms with van der Waals surface area (Å²) >= 11 is 0. The van der Waals surface area contributed by atoms with Gasteiger partial charge in [-0.1, -0.05) is 47.5 Å². The Bertz CT molecular complexity index is 993. The maximum absolute atomic E-state index is 13.1. The van der Waals surface area contributed by atoms with Crippen LogP contribution in [0, 0.1) is 13.8 Å². The summed E-state index contributed by atoms with van der Waals surface area (Å²) in [6.45, 7) is 7.17. The zero-order chi connectivity index (χ0) is 20.7. The number of esters is 1. The minimum Gasteiger partial charge on any atom is -0.463 e. The van der Waals surface area contributed by atoms with Gasteiger partial charge in [0.1, 0.15) is 0 Å². The maximum Gasteiger partial charge on any atom is 0.332 e. The fourth-order valence-electron chi connectivity index (χ4n) is 2.43. The highest BCUT2D eigenvalue weighted by Crippen LogP contribution is 2.21. The molecule has 0 fully saturated rings. The highest BCUT2D eigenvalue weighted by Gasteiger charge is 2.25. The third kappa shape index (κ3) is 5.53. The Kier molecular flexibility index (Phi) is 7.12. The highest BCUT2D eigenvalue weighted by molar-refractivity contribution is 7.89. The van der Waals surface area contributed by atoms with Crippen molar-refractivity contribution in [3.05, 3.63) is 77.0 Å². The molecule has 0 radical (unpaired) electrons. The number of carbonyl (C=O) groups excluding carboxylic acids is 1. The van der Waals surface area contributed by atoms with E-state index in [2.05, 4.69) is 5.10 Å². The molecule has 148 valence electrons. The average molecular weight is 401 g/mol. The number of allylic oxidation sites excluding steroid dienone is 1. The summed E-state index contributed by atoms with van der Waals surface area (Å²) in [6, 6.07) is 13.9. The van der Waals surface area contributed by atoms with Crippen molar-refractivity contribution < 1.29 is 17.9 Å². The number of sulfonamides is 1. The monoisotopic (exact) mass is 400 g/mol. The summed E-state index contributed by atoms with van der Waals surface area (Å²) in [5.74, 6) is -0.630. The molecule has 0 N–H and O–H groups in total. The van der Waals surface area contributed by atoms with E-state index in [-0.39, 0.29) is 17.2 Å². The summed E-state index contributed by atoms with van der Waals surface area (Å²) < 4.78 is 32.0. The first-order valence-electron chi connectivity index (χ1n) is 8.81. The first-order valence-corrected chi connectivity index (χ1v) is 10.3. The SMILES string of the molecule is CCOC(=O)/C=C(\C)N(/N=C/c1cccc(C)c1)S(=O)(=O)c1ccc(C)cc1. The molecule has 0 heterocycles. The van der Waals surface area contributed by atoms with Gasteiger partial charge in [0, 0.05) is 6.08 Å². The molecule has 28 heavy (non-hydrogen) atoms. The molecule has 2 rings (SSSR count). The fourth-order valence-corrected chi connectivity index (χ4v) is 3.71.